The number of hydrogen-bond acceptors (Lipinski definition) is 5. The Morgan fingerprint density at radius 3 is 2.00 bits per heavy atom. The van der Waals surface area contributed by atoms with Crippen molar-refractivity contribution < 1.29 is 24.3 Å². The minimum atomic E-state index is -1.21. The predicted octanol–water partition coefficient (Wildman–Crippen LogP) is 2.78. The summed E-state index contributed by atoms with van der Waals surface area (Å²) in [5, 5.41) is 13.8. The lowest BCUT2D eigenvalue weighted by atomic mass is 10.1. The van der Waals surface area contributed by atoms with E-state index in [1.165, 1.54) is 11.0 Å². The number of nitrogens with one attached hydrogen (secondary N) is 3. The van der Waals surface area contributed by atoms with Gasteiger partial charge >= 0.3 is 6.09 Å². The second kappa shape index (κ2) is 11.7. The van der Waals surface area contributed by atoms with E-state index in [0.29, 0.717) is 5.56 Å². The van der Waals surface area contributed by atoms with Crippen molar-refractivity contribution in [2.75, 3.05) is 6.54 Å². The van der Waals surface area contributed by atoms with Crippen LogP contribution in [0.1, 0.15) is 54.7 Å². The lowest BCUT2D eigenvalue weighted by Gasteiger charge is -2.21. The Kier molecular flexibility index (Phi) is 9.01. The van der Waals surface area contributed by atoms with Crippen LogP contribution in [-0.4, -0.2) is 41.3 Å². The molecule has 2 aromatic rings. The van der Waals surface area contributed by atoms with Crippen molar-refractivity contribution >= 4 is 17.9 Å². The van der Waals surface area contributed by atoms with Gasteiger partial charge in [0.1, 0.15) is 11.6 Å². The normalized spacial score (nSPS) is 11.4. The Morgan fingerprint density at radius 1 is 0.970 bits per heavy atom. The molecule has 0 heterocycles. The van der Waals surface area contributed by atoms with Gasteiger partial charge in [0.2, 0.25) is 0 Å². The summed E-state index contributed by atoms with van der Waals surface area (Å²) in [6.45, 7) is 6.91. The molecule has 33 heavy (non-hydrogen) atoms. The van der Waals surface area contributed by atoms with Crippen LogP contribution in [0.3, 0.4) is 0 Å². The van der Waals surface area contributed by atoms with E-state index in [1.807, 2.05) is 24.3 Å². The van der Waals surface area contributed by atoms with Gasteiger partial charge in [0.05, 0.1) is 6.54 Å². The molecule has 8 heteroatoms. The molecule has 0 fully saturated rings. The van der Waals surface area contributed by atoms with Crippen LogP contribution in [-0.2, 0) is 16.0 Å². The van der Waals surface area contributed by atoms with E-state index in [9.17, 15) is 14.4 Å². The first-order valence-corrected chi connectivity index (χ1v) is 10.5. The maximum atomic E-state index is 12.5. The van der Waals surface area contributed by atoms with Crippen LogP contribution in [0.4, 0.5) is 4.79 Å². The molecule has 0 bridgehead atoms. The highest BCUT2D eigenvalue weighted by Crippen LogP contribution is 2.08. The Morgan fingerprint density at radius 2 is 1.52 bits per heavy atom. The summed E-state index contributed by atoms with van der Waals surface area (Å²) in [4.78, 5) is 36.3. The summed E-state index contributed by atoms with van der Waals surface area (Å²) < 4.78 is 5.10. The monoisotopic (exact) mass is 451 g/mol. The minimum absolute atomic E-state index is 0.270. The third-order valence-electron chi connectivity index (χ3n) is 4.44. The second-order valence-electron chi connectivity index (χ2n) is 8.26. The smallest absolute Gasteiger partial charge is 0.407 e. The molecule has 2 rings (SSSR count). The summed E-state index contributed by atoms with van der Waals surface area (Å²) in [7, 11) is 0. The van der Waals surface area contributed by atoms with E-state index in [4.69, 9.17) is 9.94 Å². The Hall–Kier alpha value is -3.83. The van der Waals surface area contributed by atoms with Crippen molar-refractivity contribution in [3.63, 3.8) is 0 Å². The lowest BCUT2D eigenvalue weighted by molar-refractivity contribution is -0.131. The van der Waals surface area contributed by atoms with Crippen LogP contribution in [0.15, 0.2) is 48.5 Å². The fourth-order valence-corrected chi connectivity index (χ4v) is 2.70. The first-order chi connectivity index (χ1) is 15.6. The van der Waals surface area contributed by atoms with Crippen molar-refractivity contribution in [3.05, 3.63) is 70.8 Å². The van der Waals surface area contributed by atoms with Crippen LogP contribution >= 0.6 is 0 Å². The molecular formula is C25H29N3O5. The van der Waals surface area contributed by atoms with Gasteiger partial charge in [-0.2, -0.15) is 0 Å². The molecule has 0 aliphatic rings. The van der Waals surface area contributed by atoms with E-state index in [2.05, 4.69) is 29.4 Å². The quantitative estimate of drug-likeness (QED) is 0.306. The SMILES string of the molecule is CCc1ccc(C#Cc2ccc(C(=O)N[C@@H](CNC(=O)OC(C)(C)C)C(=O)NO)cc2)cc1. The lowest BCUT2D eigenvalue weighted by Crippen LogP contribution is -2.52. The fraction of sp³-hybridized carbons (Fsp3) is 0.320. The van der Waals surface area contributed by atoms with Gasteiger partial charge in [-0.25, -0.2) is 10.3 Å². The van der Waals surface area contributed by atoms with Crippen molar-refractivity contribution in [1.82, 2.24) is 16.1 Å². The predicted molar refractivity (Wildman–Crippen MR) is 124 cm³/mol. The molecule has 174 valence electrons. The number of alkyl carbamates (subject to hydrolysis) is 1. The third-order valence-corrected chi connectivity index (χ3v) is 4.44. The van der Waals surface area contributed by atoms with Crippen molar-refractivity contribution in [2.45, 2.75) is 45.8 Å². The molecule has 0 saturated carbocycles. The molecule has 0 spiro atoms. The number of benzene rings is 2. The number of hydroxylamine groups is 1. The van der Waals surface area contributed by atoms with E-state index in [0.717, 1.165) is 17.5 Å². The zero-order chi connectivity index (χ0) is 24.4. The van der Waals surface area contributed by atoms with Gasteiger partial charge in [-0.05, 0) is 69.2 Å². The Bertz CT molecular complexity index is 1030. The average molecular weight is 452 g/mol. The molecule has 1 atom stereocenters. The van der Waals surface area contributed by atoms with Crippen LogP contribution in [0.2, 0.25) is 0 Å². The van der Waals surface area contributed by atoms with Gasteiger partial charge in [-0.1, -0.05) is 30.9 Å². The first kappa shape index (κ1) is 25.4. The van der Waals surface area contributed by atoms with E-state index in [-0.39, 0.29) is 6.54 Å². The number of carbonyl (C=O) groups is 3. The highest BCUT2D eigenvalue weighted by atomic mass is 16.6. The van der Waals surface area contributed by atoms with E-state index in [1.54, 1.807) is 45.0 Å². The standard InChI is InChI=1S/C25H29N3O5/c1-5-17-6-8-18(9-7-17)10-11-19-12-14-20(15-13-19)22(29)27-21(23(30)28-32)16-26-24(31)33-25(2,3)4/h6-9,12-15,21,32H,5,16H2,1-4H3,(H,26,31)(H,27,29)(H,28,30)/t21-/m0/s1. The maximum absolute atomic E-state index is 12.5. The molecule has 4 N–H and O–H groups in total. The molecule has 8 nitrogen and oxygen atoms in total. The molecule has 0 radical (unpaired) electrons. The van der Waals surface area contributed by atoms with Crippen molar-refractivity contribution in [1.29, 1.82) is 0 Å². The zero-order valence-corrected chi connectivity index (χ0v) is 19.2. The maximum Gasteiger partial charge on any atom is 0.407 e. The Labute approximate surface area is 193 Å². The second-order valence-corrected chi connectivity index (χ2v) is 8.26. The summed E-state index contributed by atoms with van der Waals surface area (Å²) >= 11 is 0. The molecular weight excluding hydrogens is 422 g/mol. The minimum Gasteiger partial charge on any atom is -0.444 e. The van der Waals surface area contributed by atoms with E-state index < -0.39 is 29.6 Å². The number of aryl methyl sites for hydroxylation is 1. The Balaban J connectivity index is 2.00. The number of ether oxygens (including phenoxy) is 1. The van der Waals surface area contributed by atoms with Gasteiger partial charge in [0.15, 0.2) is 0 Å². The largest absolute Gasteiger partial charge is 0.444 e. The molecule has 3 amide bonds. The fourth-order valence-electron chi connectivity index (χ4n) is 2.70. The van der Waals surface area contributed by atoms with Crippen molar-refractivity contribution in [3.8, 4) is 11.8 Å². The van der Waals surface area contributed by atoms with Gasteiger partial charge in [-0.15, -0.1) is 0 Å². The summed E-state index contributed by atoms with van der Waals surface area (Å²) in [6.07, 6.45) is 0.217. The van der Waals surface area contributed by atoms with Crippen molar-refractivity contribution in [2.24, 2.45) is 0 Å². The molecule has 0 saturated heterocycles. The number of rotatable bonds is 6. The summed E-state index contributed by atoms with van der Waals surface area (Å²) in [5.41, 5.74) is 3.91. The highest BCUT2D eigenvalue weighted by Gasteiger charge is 2.23. The number of hydrogen-bond donors (Lipinski definition) is 4. The third kappa shape index (κ3) is 8.67. The molecule has 0 aliphatic heterocycles. The molecule has 2 aromatic carbocycles. The first-order valence-electron chi connectivity index (χ1n) is 10.5. The topological polar surface area (TPSA) is 117 Å². The molecule has 0 aromatic heterocycles. The van der Waals surface area contributed by atoms with Gasteiger partial charge in [-0.3, -0.25) is 14.8 Å². The molecule has 0 aliphatic carbocycles. The van der Waals surface area contributed by atoms with Gasteiger partial charge < -0.3 is 15.4 Å². The number of carbonyl (C=O) groups excluding carboxylic acids is 3. The van der Waals surface area contributed by atoms with Gasteiger partial charge in [0, 0.05) is 16.7 Å². The van der Waals surface area contributed by atoms with Crippen LogP contribution in [0.5, 0.6) is 0 Å². The average Bonchev–Trinajstić information content (AvgIpc) is 2.79. The summed E-state index contributed by atoms with van der Waals surface area (Å²) in [6, 6.07) is 13.3. The van der Waals surface area contributed by atoms with Crippen LogP contribution < -0.4 is 16.1 Å². The van der Waals surface area contributed by atoms with Gasteiger partial charge in [0.25, 0.3) is 11.8 Å². The zero-order valence-electron chi connectivity index (χ0n) is 19.2. The summed E-state index contributed by atoms with van der Waals surface area (Å²) in [5.74, 6) is 4.69. The highest BCUT2D eigenvalue weighted by molar-refractivity contribution is 5.97. The van der Waals surface area contributed by atoms with E-state index >= 15 is 0 Å². The van der Waals surface area contributed by atoms with Crippen LogP contribution in [0, 0.1) is 11.8 Å². The van der Waals surface area contributed by atoms with Crippen LogP contribution in [0.25, 0.3) is 0 Å². The molecule has 0 unspecified atom stereocenters. The number of amides is 3.